The molecule has 1 unspecified atom stereocenters. The van der Waals surface area contributed by atoms with Gasteiger partial charge in [0, 0.05) is 6.54 Å². The molecule has 0 aromatic heterocycles. The van der Waals surface area contributed by atoms with Gasteiger partial charge in [-0.3, -0.25) is 4.79 Å². The van der Waals surface area contributed by atoms with Gasteiger partial charge < -0.3 is 15.7 Å². The highest BCUT2D eigenvalue weighted by Crippen LogP contribution is 2.09. The van der Waals surface area contributed by atoms with E-state index in [0.29, 0.717) is 6.54 Å². The first-order valence-corrected chi connectivity index (χ1v) is 4.91. The summed E-state index contributed by atoms with van der Waals surface area (Å²) in [4.78, 5) is 12.7. The third kappa shape index (κ3) is 3.74. The summed E-state index contributed by atoms with van der Waals surface area (Å²) in [5, 5.41) is 8.63. The zero-order valence-electron chi connectivity index (χ0n) is 7.91. The number of likely N-dealkylation sites (tertiary alicyclic amines) is 1. The van der Waals surface area contributed by atoms with Crippen molar-refractivity contribution in [2.45, 2.75) is 31.7 Å². The van der Waals surface area contributed by atoms with Gasteiger partial charge in [-0.2, -0.15) is 0 Å². The fourth-order valence-corrected chi connectivity index (χ4v) is 1.68. The molecule has 76 valence electrons. The normalized spacial score (nSPS) is 22.2. The highest BCUT2D eigenvalue weighted by atomic mass is 16.4. The Bertz CT molecular complexity index is 165. The maximum absolute atomic E-state index is 10.5. The van der Waals surface area contributed by atoms with Crippen LogP contribution in [0.3, 0.4) is 0 Å². The van der Waals surface area contributed by atoms with E-state index in [1.54, 1.807) is 0 Å². The Hall–Kier alpha value is -0.610. The van der Waals surface area contributed by atoms with Crippen LogP contribution in [-0.2, 0) is 4.79 Å². The van der Waals surface area contributed by atoms with E-state index in [9.17, 15) is 4.79 Å². The third-order valence-corrected chi connectivity index (χ3v) is 2.47. The van der Waals surface area contributed by atoms with Crippen LogP contribution in [0.25, 0.3) is 0 Å². The lowest BCUT2D eigenvalue weighted by atomic mass is 10.2. The van der Waals surface area contributed by atoms with Crippen molar-refractivity contribution in [3.63, 3.8) is 0 Å². The first-order chi connectivity index (χ1) is 6.20. The molecule has 0 saturated carbocycles. The number of carbonyl (C=O) groups is 1. The van der Waals surface area contributed by atoms with Gasteiger partial charge in [-0.25, -0.2) is 0 Å². The predicted octanol–water partition coefficient (Wildman–Crippen LogP) is 0.274. The first-order valence-electron chi connectivity index (χ1n) is 4.91. The Kier molecular flexibility index (Phi) is 4.18. The minimum absolute atomic E-state index is 0.495. The molecule has 0 aliphatic carbocycles. The highest BCUT2D eigenvalue weighted by Gasteiger charge is 2.17. The number of aliphatic carboxylic acids is 1. The second kappa shape index (κ2) is 5.19. The van der Waals surface area contributed by atoms with E-state index in [1.807, 2.05) is 0 Å². The van der Waals surface area contributed by atoms with Crippen molar-refractivity contribution in [1.29, 1.82) is 0 Å². The first kappa shape index (κ1) is 10.5. The highest BCUT2D eigenvalue weighted by molar-refractivity contribution is 5.73. The molecule has 0 spiro atoms. The average Bonchev–Trinajstić information content (AvgIpc) is 2.32. The molecule has 0 aromatic rings. The second-order valence-corrected chi connectivity index (χ2v) is 3.66. The number of carboxylic acid groups (broad SMARTS) is 1. The number of hydrogen-bond acceptors (Lipinski definition) is 3. The molecule has 0 amide bonds. The Labute approximate surface area is 78.7 Å². The van der Waals surface area contributed by atoms with E-state index in [2.05, 4.69) is 4.90 Å². The van der Waals surface area contributed by atoms with E-state index in [0.717, 1.165) is 13.1 Å². The third-order valence-electron chi connectivity index (χ3n) is 2.47. The molecule has 1 saturated heterocycles. The second-order valence-electron chi connectivity index (χ2n) is 3.66. The molecular weight excluding hydrogens is 168 g/mol. The van der Waals surface area contributed by atoms with Crippen molar-refractivity contribution in [3.05, 3.63) is 0 Å². The molecule has 3 N–H and O–H groups in total. The van der Waals surface area contributed by atoms with E-state index in [-0.39, 0.29) is 0 Å². The van der Waals surface area contributed by atoms with Crippen molar-refractivity contribution in [3.8, 4) is 0 Å². The van der Waals surface area contributed by atoms with Gasteiger partial charge in [-0.05, 0) is 25.9 Å². The molecule has 4 nitrogen and oxygen atoms in total. The van der Waals surface area contributed by atoms with Crippen molar-refractivity contribution in [1.82, 2.24) is 4.90 Å². The molecule has 4 heteroatoms. The fraction of sp³-hybridized carbons (Fsp3) is 0.889. The molecule has 0 radical (unpaired) electrons. The largest absolute Gasteiger partial charge is 0.480 e. The number of carboxylic acids is 1. The van der Waals surface area contributed by atoms with Crippen LogP contribution in [-0.4, -0.2) is 41.7 Å². The van der Waals surface area contributed by atoms with Gasteiger partial charge in [0.05, 0.1) is 0 Å². The quantitative estimate of drug-likeness (QED) is 0.664. The molecule has 0 aromatic carbocycles. The lowest BCUT2D eigenvalue weighted by molar-refractivity contribution is -0.139. The van der Waals surface area contributed by atoms with Crippen LogP contribution >= 0.6 is 0 Å². The van der Waals surface area contributed by atoms with Crippen LogP contribution in [0.4, 0.5) is 0 Å². The van der Waals surface area contributed by atoms with Gasteiger partial charge in [0.25, 0.3) is 0 Å². The van der Waals surface area contributed by atoms with Gasteiger partial charge in [0.15, 0.2) is 0 Å². The fourth-order valence-electron chi connectivity index (χ4n) is 1.68. The number of rotatable bonds is 3. The molecule has 1 rings (SSSR count). The number of hydrogen-bond donors (Lipinski definition) is 2. The smallest absolute Gasteiger partial charge is 0.321 e. The Morgan fingerprint density at radius 1 is 1.31 bits per heavy atom. The maximum atomic E-state index is 10.5. The zero-order valence-corrected chi connectivity index (χ0v) is 7.91. The van der Waals surface area contributed by atoms with Gasteiger partial charge in [-0.1, -0.05) is 12.8 Å². The summed E-state index contributed by atoms with van der Waals surface area (Å²) in [5.74, 6) is -0.899. The van der Waals surface area contributed by atoms with E-state index in [1.165, 1.54) is 25.7 Å². The van der Waals surface area contributed by atoms with Gasteiger partial charge >= 0.3 is 5.97 Å². The summed E-state index contributed by atoms with van der Waals surface area (Å²) in [7, 11) is 0. The van der Waals surface area contributed by atoms with E-state index >= 15 is 0 Å². The summed E-state index contributed by atoms with van der Waals surface area (Å²) in [5.41, 5.74) is 5.46. The molecule has 1 atom stereocenters. The van der Waals surface area contributed by atoms with Crippen LogP contribution in [0.2, 0.25) is 0 Å². The van der Waals surface area contributed by atoms with Gasteiger partial charge in [-0.15, -0.1) is 0 Å². The topological polar surface area (TPSA) is 66.6 Å². The minimum atomic E-state index is -0.899. The minimum Gasteiger partial charge on any atom is -0.480 e. The maximum Gasteiger partial charge on any atom is 0.321 e. The molecule has 0 bridgehead atoms. The molecule has 1 heterocycles. The van der Waals surface area contributed by atoms with E-state index < -0.39 is 12.0 Å². The molecule has 13 heavy (non-hydrogen) atoms. The van der Waals surface area contributed by atoms with Crippen LogP contribution in [0, 0.1) is 0 Å². The predicted molar refractivity (Wildman–Crippen MR) is 50.5 cm³/mol. The van der Waals surface area contributed by atoms with Crippen molar-refractivity contribution in [2.24, 2.45) is 5.73 Å². The Morgan fingerprint density at radius 2 is 1.85 bits per heavy atom. The monoisotopic (exact) mass is 186 g/mol. The van der Waals surface area contributed by atoms with E-state index in [4.69, 9.17) is 10.8 Å². The van der Waals surface area contributed by atoms with Crippen molar-refractivity contribution in [2.75, 3.05) is 19.6 Å². The number of nitrogens with two attached hydrogens (primary N) is 1. The summed E-state index contributed by atoms with van der Waals surface area (Å²) in [6.45, 7) is 2.50. The Morgan fingerprint density at radius 3 is 2.31 bits per heavy atom. The van der Waals surface area contributed by atoms with Crippen molar-refractivity contribution >= 4 is 5.97 Å². The average molecular weight is 186 g/mol. The SMILES string of the molecule is NC(CN1CCCCCC1)C(=O)O. The summed E-state index contributed by atoms with van der Waals surface area (Å²) < 4.78 is 0. The van der Waals surface area contributed by atoms with Crippen LogP contribution in [0.1, 0.15) is 25.7 Å². The van der Waals surface area contributed by atoms with Crippen LogP contribution in [0.15, 0.2) is 0 Å². The summed E-state index contributed by atoms with van der Waals surface area (Å²) in [6, 6.07) is -0.724. The lowest BCUT2D eigenvalue weighted by Gasteiger charge is -2.21. The lowest BCUT2D eigenvalue weighted by Crippen LogP contribution is -2.43. The molecule has 1 aliphatic rings. The Balaban J connectivity index is 2.29. The molecular formula is C9H18N2O2. The van der Waals surface area contributed by atoms with Crippen LogP contribution < -0.4 is 5.73 Å². The van der Waals surface area contributed by atoms with Crippen LogP contribution in [0.5, 0.6) is 0 Å². The molecule has 1 aliphatic heterocycles. The zero-order chi connectivity index (χ0) is 9.68. The number of nitrogens with zero attached hydrogens (tertiary/aromatic N) is 1. The van der Waals surface area contributed by atoms with Gasteiger partial charge in [0.1, 0.15) is 6.04 Å². The van der Waals surface area contributed by atoms with Crippen molar-refractivity contribution < 1.29 is 9.90 Å². The molecule has 1 fully saturated rings. The standard InChI is InChI=1S/C9H18N2O2/c10-8(9(12)13)7-11-5-3-1-2-4-6-11/h8H,1-7,10H2,(H,12,13). The van der Waals surface area contributed by atoms with Gasteiger partial charge in [0.2, 0.25) is 0 Å². The summed E-state index contributed by atoms with van der Waals surface area (Å²) in [6.07, 6.45) is 4.87. The summed E-state index contributed by atoms with van der Waals surface area (Å²) >= 11 is 0.